The van der Waals surface area contributed by atoms with Crippen molar-refractivity contribution < 1.29 is 28.5 Å². The molecular formula is C7H14O6. The second-order valence-corrected chi connectivity index (χ2v) is 1.55. The molecule has 6 nitrogen and oxygen atoms in total. The molecule has 0 fully saturated rings. The van der Waals surface area contributed by atoms with Gasteiger partial charge in [0.15, 0.2) is 0 Å². The van der Waals surface area contributed by atoms with Crippen molar-refractivity contribution in [2.75, 3.05) is 27.9 Å². The molecule has 0 aliphatic heterocycles. The first-order valence-electron chi connectivity index (χ1n) is 3.45. The Morgan fingerprint density at radius 2 is 1.31 bits per heavy atom. The molecule has 6 heteroatoms. The van der Waals surface area contributed by atoms with Gasteiger partial charge in [-0.25, -0.2) is 9.59 Å². The van der Waals surface area contributed by atoms with E-state index in [1.807, 2.05) is 0 Å². The van der Waals surface area contributed by atoms with E-state index in [1.54, 1.807) is 6.92 Å². The van der Waals surface area contributed by atoms with Gasteiger partial charge in [0, 0.05) is 0 Å². The zero-order chi connectivity index (χ0) is 10.7. The highest BCUT2D eigenvalue weighted by atomic mass is 16.7. The van der Waals surface area contributed by atoms with Gasteiger partial charge in [-0.1, -0.05) is 0 Å². The predicted octanol–water partition coefficient (Wildman–Crippen LogP) is 1.19. The van der Waals surface area contributed by atoms with Gasteiger partial charge in [-0.3, -0.25) is 0 Å². The van der Waals surface area contributed by atoms with Crippen LogP contribution in [0.2, 0.25) is 0 Å². The largest absolute Gasteiger partial charge is 0.507 e. The van der Waals surface area contributed by atoms with Crippen LogP contribution < -0.4 is 0 Å². The molecular weight excluding hydrogens is 180 g/mol. The van der Waals surface area contributed by atoms with Crippen molar-refractivity contribution in [1.29, 1.82) is 0 Å². The van der Waals surface area contributed by atoms with Crippen molar-refractivity contribution in [2.45, 2.75) is 6.92 Å². The molecule has 0 aromatic rings. The summed E-state index contributed by atoms with van der Waals surface area (Å²) in [6, 6.07) is 0. The van der Waals surface area contributed by atoms with Gasteiger partial charge < -0.3 is 18.9 Å². The van der Waals surface area contributed by atoms with E-state index in [2.05, 4.69) is 18.9 Å². The highest BCUT2D eigenvalue weighted by Gasteiger charge is 1.92. The van der Waals surface area contributed by atoms with Gasteiger partial charge in [0.25, 0.3) is 0 Å². The zero-order valence-electron chi connectivity index (χ0n) is 8.16. The lowest BCUT2D eigenvalue weighted by atomic mass is 10.9. The fraction of sp³-hybridized carbons (Fsp3) is 0.714. The third kappa shape index (κ3) is 13.5. The van der Waals surface area contributed by atoms with Crippen LogP contribution in [0.4, 0.5) is 9.59 Å². The highest BCUT2D eigenvalue weighted by molar-refractivity contribution is 5.59. The van der Waals surface area contributed by atoms with E-state index in [0.29, 0.717) is 6.61 Å². The van der Waals surface area contributed by atoms with Crippen molar-refractivity contribution in [3.63, 3.8) is 0 Å². The SMILES string of the molecule is CCOC(=O)OC.COC(=O)OC. The topological polar surface area (TPSA) is 71.1 Å². The van der Waals surface area contributed by atoms with Gasteiger partial charge in [0.05, 0.1) is 27.9 Å². The average Bonchev–Trinajstić information content (AvgIpc) is 2.18. The number of hydrogen-bond donors (Lipinski definition) is 0. The molecule has 0 saturated heterocycles. The van der Waals surface area contributed by atoms with Crippen LogP contribution in [0.3, 0.4) is 0 Å². The number of carbonyl (C=O) groups excluding carboxylic acids is 2. The van der Waals surface area contributed by atoms with E-state index in [4.69, 9.17) is 0 Å². The minimum Gasteiger partial charge on any atom is -0.438 e. The Balaban J connectivity index is 0. The molecule has 78 valence electrons. The quantitative estimate of drug-likeness (QED) is 0.584. The third-order valence-electron chi connectivity index (χ3n) is 0.762. The summed E-state index contributed by atoms with van der Waals surface area (Å²) < 4.78 is 16.5. The Morgan fingerprint density at radius 3 is 1.38 bits per heavy atom. The van der Waals surface area contributed by atoms with Gasteiger partial charge >= 0.3 is 12.3 Å². The molecule has 0 heterocycles. The van der Waals surface area contributed by atoms with Crippen LogP contribution >= 0.6 is 0 Å². The summed E-state index contributed by atoms with van der Waals surface area (Å²) in [4.78, 5) is 19.7. The van der Waals surface area contributed by atoms with Gasteiger partial charge in [-0.05, 0) is 6.92 Å². The number of methoxy groups -OCH3 is 3. The normalized spacial score (nSPS) is 7.38. The lowest BCUT2D eigenvalue weighted by Crippen LogP contribution is -2.02. The first-order valence-corrected chi connectivity index (χ1v) is 3.45. The van der Waals surface area contributed by atoms with Gasteiger partial charge in [-0.2, -0.15) is 0 Å². The van der Waals surface area contributed by atoms with E-state index >= 15 is 0 Å². The maximum absolute atomic E-state index is 9.97. The molecule has 0 saturated carbocycles. The van der Waals surface area contributed by atoms with Crippen LogP contribution in [0.5, 0.6) is 0 Å². The smallest absolute Gasteiger partial charge is 0.438 e. The van der Waals surface area contributed by atoms with Gasteiger partial charge in [0.1, 0.15) is 0 Å². The van der Waals surface area contributed by atoms with Crippen LogP contribution in [0.15, 0.2) is 0 Å². The molecule has 0 unspecified atom stereocenters. The Hall–Kier alpha value is -1.46. The zero-order valence-corrected chi connectivity index (χ0v) is 8.16. The number of ether oxygens (including phenoxy) is 4. The van der Waals surface area contributed by atoms with Crippen molar-refractivity contribution >= 4 is 12.3 Å². The summed E-state index contributed by atoms with van der Waals surface area (Å²) in [7, 11) is 3.79. The summed E-state index contributed by atoms with van der Waals surface area (Å²) in [5.74, 6) is 0. The predicted molar refractivity (Wildman–Crippen MR) is 43.4 cm³/mol. The van der Waals surface area contributed by atoms with Crippen LogP contribution in [-0.4, -0.2) is 40.2 Å². The molecule has 0 aromatic carbocycles. The molecule has 0 spiro atoms. The molecule has 0 bridgehead atoms. The first-order chi connectivity index (χ1) is 6.12. The van der Waals surface area contributed by atoms with Crippen LogP contribution in [0, 0.1) is 0 Å². The molecule has 0 atom stereocenters. The fourth-order valence-corrected chi connectivity index (χ4v) is 0.260. The van der Waals surface area contributed by atoms with Crippen LogP contribution in [0.25, 0.3) is 0 Å². The lowest BCUT2D eigenvalue weighted by molar-refractivity contribution is 0.0770. The Kier molecular flexibility index (Phi) is 11.4. The Morgan fingerprint density at radius 1 is 0.923 bits per heavy atom. The van der Waals surface area contributed by atoms with Crippen LogP contribution in [-0.2, 0) is 18.9 Å². The molecule has 0 amide bonds. The lowest BCUT2D eigenvalue weighted by Gasteiger charge is -1.94. The number of rotatable bonds is 1. The maximum Gasteiger partial charge on any atom is 0.507 e. The number of hydrogen-bond acceptors (Lipinski definition) is 6. The van der Waals surface area contributed by atoms with E-state index in [0.717, 1.165) is 0 Å². The molecule has 0 aliphatic carbocycles. The monoisotopic (exact) mass is 194 g/mol. The van der Waals surface area contributed by atoms with E-state index in [1.165, 1.54) is 21.3 Å². The average molecular weight is 194 g/mol. The molecule has 13 heavy (non-hydrogen) atoms. The second-order valence-electron chi connectivity index (χ2n) is 1.55. The molecule has 0 aliphatic rings. The second kappa shape index (κ2) is 10.5. The molecule has 0 aromatic heterocycles. The molecule has 0 radical (unpaired) electrons. The highest BCUT2D eigenvalue weighted by Crippen LogP contribution is 1.77. The summed E-state index contributed by atoms with van der Waals surface area (Å²) in [5.41, 5.74) is 0. The summed E-state index contributed by atoms with van der Waals surface area (Å²) in [6.45, 7) is 2.09. The standard InChI is InChI=1S/C4H8O3.C3H6O3/c1-3-7-4(5)6-2;1-5-3(4)6-2/h3H2,1-2H3;1-2H3. The van der Waals surface area contributed by atoms with E-state index in [9.17, 15) is 9.59 Å². The minimum absolute atomic E-state index is 0.368. The fourth-order valence-electron chi connectivity index (χ4n) is 0.260. The van der Waals surface area contributed by atoms with E-state index in [-0.39, 0.29) is 0 Å². The first kappa shape index (κ1) is 14.1. The third-order valence-corrected chi connectivity index (χ3v) is 0.762. The van der Waals surface area contributed by atoms with Crippen molar-refractivity contribution in [2.24, 2.45) is 0 Å². The summed E-state index contributed by atoms with van der Waals surface area (Å²) in [6.07, 6.45) is -1.28. The van der Waals surface area contributed by atoms with Crippen LogP contribution in [0.1, 0.15) is 6.92 Å². The summed E-state index contributed by atoms with van der Waals surface area (Å²) in [5, 5.41) is 0. The van der Waals surface area contributed by atoms with Gasteiger partial charge in [0.2, 0.25) is 0 Å². The minimum atomic E-state index is -0.657. The Labute approximate surface area is 76.7 Å². The van der Waals surface area contributed by atoms with Gasteiger partial charge in [-0.15, -0.1) is 0 Å². The Bertz CT molecular complexity index is 138. The van der Waals surface area contributed by atoms with Crippen molar-refractivity contribution in [1.82, 2.24) is 0 Å². The summed E-state index contributed by atoms with van der Waals surface area (Å²) >= 11 is 0. The van der Waals surface area contributed by atoms with Crippen molar-refractivity contribution in [3.05, 3.63) is 0 Å². The van der Waals surface area contributed by atoms with E-state index < -0.39 is 12.3 Å². The number of carbonyl (C=O) groups is 2. The molecule has 0 N–H and O–H groups in total. The maximum atomic E-state index is 9.97. The molecule has 0 rings (SSSR count). The van der Waals surface area contributed by atoms with Crippen molar-refractivity contribution in [3.8, 4) is 0 Å².